The second-order valence-corrected chi connectivity index (χ2v) is 6.17. The Kier molecular flexibility index (Phi) is 6.73. The quantitative estimate of drug-likeness (QED) is 0.700. The first-order chi connectivity index (χ1) is 11.1. The molecule has 1 amide bonds. The number of aryl methyl sites for hydroxylation is 2. The molecule has 7 heteroatoms. The number of hydrogen-bond acceptors (Lipinski definition) is 6. The minimum Gasteiger partial charge on any atom is -0.467 e. The van der Waals surface area contributed by atoms with Gasteiger partial charge in [-0.25, -0.2) is 0 Å². The lowest BCUT2D eigenvalue weighted by Crippen LogP contribution is -2.34. The predicted molar refractivity (Wildman–Crippen MR) is 88.1 cm³/mol. The molecule has 126 valence electrons. The maximum Gasteiger partial charge on any atom is 0.233 e. The minimum atomic E-state index is 0.0650. The van der Waals surface area contributed by atoms with Gasteiger partial charge in [0.15, 0.2) is 0 Å². The highest BCUT2D eigenvalue weighted by Gasteiger charge is 2.16. The van der Waals surface area contributed by atoms with Crippen LogP contribution >= 0.6 is 11.8 Å². The van der Waals surface area contributed by atoms with E-state index in [2.05, 4.69) is 5.16 Å². The molecule has 0 aliphatic carbocycles. The summed E-state index contributed by atoms with van der Waals surface area (Å²) in [5.41, 5.74) is 1.95. The number of carbonyl (C=O) groups excluding carboxylic acids is 1. The molecule has 23 heavy (non-hydrogen) atoms. The Morgan fingerprint density at radius 3 is 2.87 bits per heavy atom. The molecule has 0 fully saturated rings. The SMILES string of the molecule is COCCN(Cc1ccco1)C(=O)CSCc1c(C)noc1C. The number of methoxy groups -OCH3 is 1. The van der Waals surface area contributed by atoms with Crippen LogP contribution in [0.25, 0.3) is 0 Å². The molecule has 0 radical (unpaired) electrons. The van der Waals surface area contributed by atoms with Crippen LogP contribution in [0.15, 0.2) is 27.3 Å². The van der Waals surface area contributed by atoms with Crippen LogP contribution in [-0.4, -0.2) is 42.0 Å². The normalized spacial score (nSPS) is 10.9. The highest BCUT2D eigenvalue weighted by molar-refractivity contribution is 7.99. The summed E-state index contributed by atoms with van der Waals surface area (Å²) in [6.45, 7) is 5.31. The standard InChI is InChI=1S/C16H22N2O4S/c1-12-15(13(2)22-17-12)10-23-11-16(19)18(6-8-20-3)9-14-5-4-7-21-14/h4-5,7H,6,8-11H2,1-3H3. The molecule has 0 N–H and O–H groups in total. The molecule has 2 heterocycles. The fourth-order valence-electron chi connectivity index (χ4n) is 2.12. The van der Waals surface area contributed by atoms with Crippen molar-refractivity contribution < 1.29 is 18.5 Å². The zero-order valence-electron chi connectivity index (χ0n) is 13.7. The largest absolute Gasteiger partial charge is 0.467 e. The van der Waals surface area contributed by atoms with Gasteiger partial charge in [0.25, 0.3) is 0 Å². The zero-order valence-corrected chi connectivity index (χ0v) is 14.5. The van der Waals surface area contributed by atoms with E-state index < -0.39 is 0 Å². The van der Waals surface area contributed by atoms with Crippen molar-refractivity contribution in [3.63, 3.8) is 0 Å². The van der Waals surface area contributed by atoms with Gasteiger partial charge in [-0.2, -0.15) is 0 Å². The molecular weight excluding hydrogens is 316 g/mol. The number of furan rings is 1. The first kappa shape index (κ1) is 17.6. The Morgan fingerprint density at radius 2 is 2.26 bits per heavy atom. The number of nitrogens with zero attached hydrogens (tertiary/aromatic N) is 2. The van der Waals surface area contributed by atoms with E-state index in [0.717, 1.165) is 22.8 Å². The Labute approximate surface area is 140 Å². The highest BCUT2D eigenvalue weighted by atomic mass is 32.2. The summed E-state index contributed by atoms with van der Waals surface area (Å²) in [5, 5.41) is 3.93. The van der Waals surface area contributed by atoms with Crippen molar-refractivity contribution in [1.82, 2.24) is 10.1 Å². The van der Waals surface area contributed by atoms with Gasteiger partial charge in [-0.05, 0) is 26.0 Å². The fraction of sp³-hybridized carbons (Fsp3) is 0.500. The molecule has 0 spiro atoms. The van der Waals surface area contributed by atoms with Gasteiger partial charge in [0, 0.05) is 25.0 Å². The van der Waals surface area contributed by atoms with E-state index in [4.69, 9.17) is 13.7 Å². The lowest BCUT2D eigenvalue weighted by atomic mass is 10.2. The zero-order chi connectivity index (χ0) is 16.7. The lowest BCUT2D eigenvalue weighted by molar-refractivity contribution is -0.129. The van der Waals surface area contributed by atoms with Crippen molar-refractivity contribution in [2.45, 2.75) is 26.1 Å². The van der Waals surface area contributed by atoms with Crippen LogP contribution in [0, 0.1) is 13.8 Å². The van der Waals surface area contributed by atoms with Crippen molar-refractivity contribution >= 4 is 17.7 Å². The summed E-state index contributed by atoms with van der Waals surface area (Å²) in [7, 11) is 1.63. The third kappa shape index (κ3) is 5.14. The molecular formula is C16H22N2O4S. The van der Waals surface area contributed by atoms with Gasteiger partial charge in [0.05, 0.1) is 30.9 Å². The average molecular weight is 338 g/mol. The molecule has 2 rings (SSSR count). The average Bonchev–Trinajstić information content (AvgIpc) is 3.15. The topological polar surface area (TPSA) is 68.7 Å². The number of carbonyl (C=O) groups is 1. The van der Waals surface area contributed by atoms with Crippen molar-refractivity contribution in [3.05, 3.63) is 41.2 Å². The van der Waals surface area contributed by atoms with E-state index in [1.165, 1.54) is 0 Å². The molecule has 0 aliphatic rings. The number of thioether (sulfide) groups is 1. The van der Waals surface area contributed by atoms with Crippen LogP contribution in [0.1, 0.15) is 22.8 Å². The van der Waals surface area contributed by atoms with Crippen LogP contribution in [0.5, 0.6) is 0 Å². The number of rotatable bonds is 9. The second-order valence-electron chi connectivity index (χ2n) is 5.18. The van der Waals surface area contributed by atoms with Gasteiger partial charge in [-0.15, -0.1) is 11.8 Å². The van der Waals surface area contributed by atoms with E-state index in [1.54, 1.807) is 30.0 Å². The van der Waals surface area contributed by atoms with Crippen LogP contribution < -0.4 is 0 Å². The van der Waals surface area contributed by atoms with Crippen LogP contribution in [-0.2, 0) is 21.8 Å². The van der Waals surface area contributed by atoms with Crippen LogP contribution in [0.2, 0.25) is 0 Å². The molecule has 6 nitrogen and oxygen atoms in total. The molecule has 2 aromatic rings. The molecule has 0 saturated carbocycles. The van der Waals surface area contributed by atoms with Crippen molar-refractivity contribution in [3.8, 4) is 0 Å². The summed E-state index contributed by atoms with van der Waals surface area (Å²) in [6.07, 6.45) is 1.61. The smallest absolute Gasteiger partial charge is 0.233 e. The summed E-state index contributed by atoms with van der Waals surface area (Å²) in [4.78, 5) is 14.2. The van der Waals surface area contributed by atoms with Gasteiger partial charge in [0.1, 0.15) is 11.5 Å². The van der Waals surface area contributed by atoms with Gasteiger partial charge in [-0.3, -0.25) is 4.79 Å². The number of ether oxygens (including phenoxy) is 1. The van der Waals surface area contributed by atoms with Gasteiger partial charge in [0.2, 0.25) is 5.91 Å². The van der Waals surface area contributed by atoms with Crippen LogP contribution in [0.4, 0.5) is 0 Å². The molecule has 0 saturated heterocycles. The molecule has 0 bridgehead atoms. The van der Waals surface area contributed by atoms with E-state index in [9.17, 15) is 4.79 Å². The molecule has 2 aromatic heterocycles. The third-order valence-corrected chi connectivity index (χ3v) is 4.44. The summed E-state index contributed by atoms with van der Waals surface area (Å²) in [5.74, 6) is 2.76. The lowest BCUT2D eigenvalue weighted by Gasteiger charge is -2.21. The van der Waals surface area contributed by atoms with Gasteiger partial charge >= 0.3 is 0 Å². The Balaban J connectivity index is 1.86. The Morgan fingerprint density at radius 1 is 1.43 bits per heavy atom. The maximum atomic E-state index is 12.4. The minimum absolute atomic E-state index is 0.0650. The number of aromatic nitrogens is 1. The van der Waals surface area contributed by atoms with Crippen molar-refractivity contribution in [2.75, 3.05) is 26.0 Å². The van der Waals surface area contributed by atoms with Gasteiger partial charge < -0.3 is 18.6 Å². The first-order valence-electron chi connectivity index (χ1n) is 7.40. The second kappa shape index (κ2) is 8.79. The van der Waals surface area contributed by atoms with Crippen LogP contribution in [0.3, 0.4) is 0 Å². The highest BCUT2D eigenvalue weighted by Crippen LogP contribution is 2.20. The molecule has 0 unspecified atom stereocenters. The van der Waals surface area contributed by atoms with Gasteiger partial charge in [-0.1, -0.05) is 5.16 Å². The van der Waals surface area contributed by atoms with E-state index >= 15 is 0 Å². The number of amides is 1. The van der Waals surface area contributed by atoms with Crippen molar-refractivity contribution in [1.29, 1.82) is 0 Å². The Bertz CT molecular complexity index is 590. The summed E-state index contributed by atoms with van der Waals surface area (Å²) >= 11 is 1.56. The van der Waals surface area contributed by atoms with Crippen molar-refractivity contribution in [2.24, 2.45) is 0 Å². The molecule has 0 atom stereocenters. The third-order valence-electron chi connectivity index (χ3n) is 3.50. The summed E-state index contributed by atoms with van der Waals surface area (Å²) < 4.78 is 15.5. The predicted octanol–water partition coefficient (Wildman–Crippen LogP) is 2.79. The summed E-state index contributed by atoms with van der Waals surface area (Å²) in [6, 6.07) is 3.69. The fourth-order valence-corrected chi connectivity index (χ4v) is 3.20. The molecule has 0 aliphatic heterocycles. The van der Waals surface area contributed by atoms with E-state index in [1.807, 2.05) is 26.0 Å². The van der Waals surface area contributed by atoms with E-state index in [-0.39, 0.29) is 5.91 Å². The van der Waals surface area contributed by atoms with E-state index in [0.29, 0.717) is 31.2 Å². The molecule has 0 aromatic carbocycles. The first-order valence-corrected chi connectivity index (χ1v) is 8.56. The monoisotopic (exact) mass is 338 g/mol. The maximum absolute atomic E-state index is 12.4. The number of hydrogen-bond donors (Lipinski definition) is 0. The Hall–Kier alpha value is -1.73.